The SMILES string of the molecule is O=C(CN1CCN(CC2COC3(O2)c2ccccc2COc2ccccc23)CC1)N1CCOCC1.O=C(O)/C=C/C(=O)O.O=C(O)/C=C/C(=O)O. The first-order chi connectivity index (χ1) is 24.5. The van der Waals surface area contributed by atoms with Crippen LogP contribution in [-0.2, 0) is 50.6 Å². The molecule has 4 heterocycles. The van der Waals surface area contributed by atoms with Gasteiger partial charge in [-0.15, -0.1) is 0 Å². The molecule has 3 fully saturated rings. The predicted molar refractivity (Wildman–Crippen MR) is 178 cm³/mol. The van der Waals surface area contributed by atoms with E-state index in [9.17, 15) is 24.0 Å². The van der Waals surface area contributed by atoms with Crippen molar-refractivity contribution in [1.82, 2.24) is 14.7 Å². The molecule has 0 saturated carbocycles. The topological polar surface area (TPSA) is 213 Å². The molecule has 6 rings (SSSR count). The summed E-state index contributed by atoms with van der Waals surface area (Å²) >= 11 is 0. The maximum absolute atomic E-state index is 12.6. The number of morpholine rings is 1. The Morgan fingerprint density at radius 3 is 1.82 bits per heavy atom. The van der Waals surface area contributed by atoms with Crippen molar-refractivity contribution in [1.29, 1.82) is 0 Å². The van der Waals surface area contributed by atoms with Crippen LogP contribution in [0.4, 0.5) is 0 Å². The standard InChI is InChI=1S/C27H33N3O5.2C4H4O4/c31-26(30-13-15-32-16-14-30)18-29-11-9-28(10-12-29)17-22-20-34-27(35-22)23-6-2-1-5-21(23)19-33-25-8-4-3-7-24(25)27;2*5-3(6)1-2-4(7)8/h1-8,22H,9-20H2;2*1-2H,(H,5,6)(H,7,8)/b;2*2-1+. The number of piperazine rings is 1. The maximum atomic E-state index is 12.6. The molecular weight excluding hydrogens is 670 g/mol. The molecule has 1 amide bonds. The van der Waals surface area contributed by atoms with Crippen molar-refractivity contribution in [3.63, 3.8) is 0 Å². The van der Waals surface area contributed by atoms with Crippen LogP contribution in [0.15, 0.2) is 72.8 Å². The summed E-state index contributed by atoms with van der Waals surface area (Å²) in [5.41, 5.74) is 3.04. The lowest BCUT2D eigenvalue weighted by molar-refractivity contribution is -0.145. The van der Waals surface area contributed by atoms with E-state index in [0.29, 0.717) is 70.4 Å². The Balaban J connectivity index is 0.000000305. The van der Waals surface area contributed by atoms with Gasteiger partial charge in [0.05, 0.1) is 38.0 Å². The predicted octanol–water partition coefficient (Wildman–Crippen LogP) is 1.10. The van der Waals surface area contributed by atoms with Crippen LogP contribution < -0.4 is 4.74 Å². The van der Waals surface area contributed by atoms with Gasteiger partial charge in [-0.25, -0.2) is 19.2 Å². The molecule has 0 radical (unpaired) electrons. The van der Waals surface area contributed by atoms with Gasteiger partial charge in [-0.05, 0) is 17.7 Å². The summed E-state index contributed by atoms with van der Waals surface area (Å²) in [5.74, 6) is -4.95. The van der Waals surface area contributed by atoms with Gasteiger partial charge in [-0.1, -0.05) is 36.4 Å². The minimum atomic E-state index is -1.26. The van der Waals surface area contributed by atoms with Crippen molar-refractivity contribution in [2.45, 2.75) is 18.5 Å². The van der Waals surface area contributed by atoms with Gasteiger partial charge < -0.3 is 44.3 Å². The molecule has 2 unspecified atom stereocenters. The van der Waals surface area contributed by atoms with E-state index >= 15 is 0 Å². The van der Waals surface area contributed by atoms with Gasteiger partial charge >= 0.3 is 23.9 Å². The second-order valence-corrected chi connectivity index (χ2v) is 11.7. The lowest BCUT2D eigenvalue weighted by atomic mass is 9.93. The van der Waals surface area contributed by atoms with Crippen LogP contribution in [0, 0.1) is 0 Å². The van der Waals surface area contributed by atoms with E-state index in [2.05, 4.69) is 21.9 Å². The smallest absolute Gasteiger partial charge is 0.328 e. The van der Waals surface area contributed by atoms with Crippen molar-refractivity contribution < 1.29 is 63.3 Å². The van der Waals surface area contributed by atoms with Crippen LogP contribution in [0.5, 0.6) is 5.75 Å². The largest absolute Gasteiger partial charge is 0.488 e. The van der Waals surface area contributed by atoms with E-state index in [4.69, 9.17) is 39.4 Å². The number of hydrogen-bond acceptors (Lipinski definition) is 11. The second kappa shape index (κ2) is 18.7. The van der Waals surface area contributed by atoms with E-state index in [1.54, 1.807) is 0 Å². The molecule has 16 heteroatoms. The number of carbonyl (C=O) groups is 5. The molecule has 51 heavy (non-hydrogen) atoms. The number of nitrogens with zero attached hydrogens (tertiary/aromatic N) is 3. The minimum absolute atomic E-state index is 0.0456. The zero-order valence-electron chi connectivity index (χ0n) is 27.8. The molecule has 1 spiro atoms. The fraction of sp³-hybridized carbons (Fsp3) is 0.400. The summed E-state index contributed by atoms with van der Waals surface area (Å²) in [6.07, 6.45) is 2.19. The molecule has 3 saturated heterocycles. The maximum Gasteiger partial charge on any atom is 0.328 e. The van der Waals surface area contributed by atoms with Gasteiger partial charge in [0.1, 0.15) is 12.4 Å². The number of rotatable bonds is 8. The molecule has 2 aromatic rings. The zero-order valence-corrected chi connectivity index (χ0v) is 27.8. The summed E-state index contributed by atoms with van der Waals surface area (Å²) in [4.78, 5) is 57.4. The van der Waals surface area contributed by atoms with Crippen LogP contribution in [-0.4, -0.2) is 143 Å². The van der Waals surface area contributed by atoms with Gasteiger partial charge in [0.25, 0.3) is 0 Å². The summed E-state index contributed by atoms with van der Waals surface area (Å²) < 4.78 is 24.8. The van der Waals surface area contributed by atoms with Crippen LogP contribution in [0.1, 0.15) is 16.7 Å². The Bertz CT molecular complexity index is 1480. The highest BCUT2D eigenvalue weighted by Gasteiger charge is 2.49. The summed E-state index contributed by atoms with van der Waals surface area (Å²) in [7, 11) is 0. The number of fused-ring (bicyclic) bond motifs is 4. The molecule has 2 atom stereocenters. The minimum Gasteiger partial charge on any atom is -0.488 e. The van der Waals surface area contributed by atoms with E-state index < -0.39 is 29.7 Å². The van der Waals surface area contributed by atoms with Gasteiger partial charge in [-0.3, -0.25) is 14.6 Å². The number of amides is 1. The second-order valence-electron chi connectivity index (χ2n) is 11.7. The quantitative estimate of drug-likeness (QED) is 0.282. The van der Waals surface area contributed by atoms with Crippen LogP contribution in [0.3, 0.4) is 0 Å². The van der Waals surface area contributed by atoms with Crippen molar-refractivity contribution in [3.05, 3.63) is 89.5 Å². The van der Waals surface area contributed by atoms with Gasteiger partial charge in [0.15, 0.2) is 0 Å². The first-order valence-electron chi connectivity index (χ1n) is 16.2. The van der Waals surface area contributed by atoms with Crippen LogP contribution in [0.2, 0.25) is 0 Å². The third-order valence-corrected chi connectivity index (χ3v) is 8.19. The number of hydrogen-bond donors (Lipinski definition) is 4. The summed E-state index contributed by atoms with van der Waals surface area (Å²) in [6.45, 7) is 8.62. The highest BCUT2D eigenvalue weighted by molar-refractivity contribution is 5.90. The number of carbonyl (C=O) groups excluding carboxylic acids is 1. The molecule has 4 aliphatic rings. The van der Waals surface area contributed by atoms with Crippen molar-refractivity contribution in [3.8, 4) is 5.75 Å². The molecule has 274 valence electrons. The molecule has 4 N–H and O–H groups in total. The highest BCUT2D eigenvalue weighted by Crippen LogP contribution is 2.47. The third kappa shape index (κ3) is 11.4. The Hall–Kier alpha value is -5.13. The van der Waals surface area contributed by atoms with E-state index in [1.807, 2.05) is 41.3 Å². The van der Waals surface area contributed by atoms with Gasteiger partial charge in [0.2, 0.25) is 11.7 Å². The van der Waals surface area contributed by atoms with Gasteiger partial charge in [0, 0.05) is 75.7 Å². The number of para-hydroxylation sites is 1. The Morgan fingerprint density at radius 2 is 1.24 bits per heavy atom. The van der Waals surface area contributed by atoms with E-state index in [1.165, 1.54) is 0 Å². The zero-order chi connectivity index (χ0) is 36.8. The Morgan fingerprint density at radius 1 is 0.706 bits per heavy atom. The number of benzene rings is 2. The fourth-order valence-electron chi connectivity index (χ4n) is 5.82. The third-order valence-electron chi connectivity index (χ3n) is 8.19. The average molecular weight is 712 g/mol. The Kier molecular flexibility index (Phi) is 14.2. The normalized spacial score (nSPS) is 21.6. The summed E-state index contributed by atoms with van der Waals surface area (Å²) in [5, 5.41) is 31.2. The lowest BCUT2D eigenvalue weighted by Gasteiger charge is -2.37. The lowest BCUT2D eigenvalue weighted by Crippen LogP contribution is -2.52. The van der Waals surface area contributed by atoms with E-state index in [-0.39, 0.29) is 12.0 Å². The number of carboxylic acid groups (broad SMARTS) is 4. The first-order valence-corrected chi connectivity index (χ1v) is 16.2. The highest BCUT2D eigenvalue weighted by atomic mass is 16.7. The molecule has 0 aliphatic carbocycles. The molecule has 16 nitrogen and oxygen atoms in total. The number of aliphatic carboxylic acids is 4. The van der Waals surface area contributed by atoms with Crippen LogP contribution >= 0.6 is 0 Å². The molecule has 0 aromatic heterocycles. The van der Waals surface area contributed by atoms with Crippen LogP contribution in [0.25, 0.3) is 0 Å². The van der Waals surface area contributed by atoms with E-state index in [0.717, 1.165) is 55.2 Å². The van der Waals surface area contributed by atoms with Crippen molar-refractivity contribution in [2.24, 2.45) is 0 Å². The Labute approximate surface area is 293 Å². The van der Waals surface area contributed by atoms with Crippen molar-refractivity contribution >= 4 is 29.8 Å². The average Bonchev–Trinajstić information content (AvgIpc) is 3.49. The van der Waals surface area contributed by atoms with Crippen molar-refractivity contribution in [2.75, 3.05) is 72.2 Å². The monoisotopic (exact) mass is 711 g/mol. The molecule has 2 aromatic carbocycles. The number of ether oxygens (including phenoxy) is 4. The van der Waals surface area contributed by atoms with Gasteiger partial charge in [-0.2, -0.15) is 0 Å². The number of carboxylic acids is 4. The molecular formula is C35H41N3O13. The fourth-order valence-corrected chi connectivity index (χ4v) is 5.82. The first kappa shape index (κ1) is 38.7. The molecule has 4 aliphatic heterocycles. The molecule has 0 bridgehead atoms. The summed E-state index contributed by atoms with van der Waals surface area (Å²) in [6, 6.07) is 16.3.